The van der Waals surface area contributed by atoms with Crippen LogP contribution in [0.2, 0.25) is 0 Å². The highest BCUT2D eigenvalue weighted by Crippen LogP contribution is 2.29. The molecular weight excluding hydrogens is 275 g/mol. The van der Waals surface area contributed by atoms with Crippen molar-refractivity contribution in [1.29, 1.82) is 0 Å². The van der Waals surface area contributed by atoms with Gasteiger partial charge in [-0.25, -0.2) is 0 Å². The van der Waals surface area contributed by atoms with Crippen LogP contribution in [0.25, 0.3) is 0 Å². The zero-order valence-corrected chi connectivity index (χ0v) is 10.8. The van der Waals surface area contributed by atoms with Crippen molar-refractivity contribution in [2.45, 2.75) is 19.6 Å². The molecular formula is C11H12F3N5O. The number of aryl methyl sites for hydroxylation is 2. The normalized spacial score (nSPS) is 11.7. The maximum atomic E-state index is 12.7. The molecule has 1 N–H and O–H groups in total. The summed E-state index contributed by atoms with van der Waals surface area (Å²) in [5.41, 5.74) is -0.755. The fourth-order valence-corrected chi connectivity index (χ4v) is 1.69. The summed E-state index contributed by atoms with van der Waals surface area (Å²) in [6.45, 7) is 0.904. The summed E-state index contributed by atoms with van der Waals surface area (Å²) in [5.74, 6) is -0.354. The summed E-state index contributed by atoms with van der Waals surface area (Å²) in [6.07, 6.45) is -2.94. The third-order valence-corrected chi connectivity index (χ3v) is 2.47. The molecule has 2 heterocycles. The highest BCUT2D eigenvalue weighted by Gasteiger charge is 2.35. The Bertz CT molecular complexity index is 628. The zero-order chi connectivity index (χ0) is 14.9. The van der Waals surface area contributed by atoms with Gasteiger partial charge in [-0.1, -0.05) is 0 Å². The molecule has 2 aromatic heterocycles. The molecule has 2 rings (SSSR count). The maximum absolute atomic E-state index is 12.7. The number of nitrogens with zero attached hydrogens (tertiary/aromatic N) is 4. The molecule has 108 valence electrons. The topological polar surface area (TPSA) is 64.7 Å². The number of hydrogen-bond donors (Lipinski definition) is 1. The van der Waals surface area contributed by atoms with Crippen molar-refractivity contribution in [3.63, 3.8) is 0 Å². The van der Waals surface area contributed by atoms with Gasteiger partial charge in [-0.05, 0) is 13.0 Å². The molecule has 0 atom stereocenters. The van der Waals surface area contributed by atoms with E-state index in [4.69, 9.17) is 0 Å². The van der Waals surface area contributed by atoms with Gasteiger partial charge in [0.1, 0.15) is 12.2 Å². The minimum absolute atomic E-state index is 0.197. The van der Waals surface area contributed by atoms with Crippen LogP contribution in [0.5, 0.6) is 0 Å². The number of amides is 1. The fraction of sp³-hybridized carbons (Fsp3) is 0.364. The molecule has 6 nitrogen and oxygen atoms in total. The lowest BCUT2D eigenvalue weighted by atomic mass is 10.3. The Labute approximate surface area is 112 Å². The van der Waals surface area contributed by atoms with Crippen LogP contribution < -0.4 is 5.32 Å². The van der Waals surface area contributed by atoms with E-state index in [1.54, 1.807) is 13.2 Å². The maximum Gasteiger partial charge on any atom is 0.433 e. The standard InChI is InChI=1S/C11H12F3N5O/c1-7-5-8(11(12,13)14)19(16-7)6-10(20)15-9-3-4-18(2)17-9/h3-5H,6H2,1-2H3,(H,15,17,20). The Kier molecular flexibility index (Phi) is 3.51. The van der Waals surface area contributed by atoms with Crippen LogP contribution in [0.3, 0.4) is 0 Å². The lowest BCUT2D eigenvalue weighted by Gasteiger charge is -2.09. The third kappa shape index (κ3) is 3.16. The number of anilines is 1. The first kappa shape index (κ1) is 14.1. The van der Waals surface area contributed by atoms with Crippen molar-refractivity contribution >= 4 is 11.7 Å². The fourth-order valence-electron chi connectivity index (χ4n) is 1.69. The second-order valence-corrected chi connectivity index (χ2v) is 4.25. The van der Waals surface area contributed by atoms with Crippen LogP contribution in [-0.2, 0) is 24.6 Å². The van der Waals surface area contributed by atoms with Crippen LogP contribution in [0, 0.1) is 6.92 Å². The SMILES string of the molecule is Cc1cc(C(F)(F)F)n(CC(=O)Nc2ccn(C)n2)n1. The molecule has 0 radical (unpaired) electrons. The molecule has 0 aliphatic carbocycles. The Morgan fingerprint density at radius 2 is 2.10 bits per heavy atom. The van der Waals surface area contributed by atoms with Gasteiger partial charge in [0.15, 0.2) is 5.82 Å². The zero-order valence-electron chi connectivity index (χ0n) is 10.8. The van der Waals surface area contributed by atoms with Crippen LogP contribution >= 0.6 is 0 Å². The molecule has 0 unspecified atom stereocenters. The van der Waals surface area contributed by atoms with Gasteiger partial charge in [0.2, 0.25) is 5.91 Å². The minimum Gasteiger partial charge on any atom is -0.308 e. The van der Waals surface area contributed by atoms with Crippen LogP contribution in [0.15, 0.2) is 18.3 Å². The second kappa shape index (κ2) is 4.99. The van der Waals surface area contributed by atoms with Gasteiger partial charge in [-0.2, -0.15) is 23.4 Å². The second-order valence-electron chi connectivity index (χ2n) is 4.25. The summed E-state index contributed by atoms with van der Waals surface area (Å²) < 4.78 is 40.3. The Hall–Kier alpha value is -2.32. The van der Waals surface area contributed by atoms with E-state index in [2.05, 4.69) is 15.5 Å². The summed E-state index contributed by atoms with van der Waals surface area (Å²) in [5, 5.41) is 9.98. The first-order valence-corrected chi connectivity index (χ1v) is 5.67. The summed E-state index contributed by atoms with van der Waals surface area (Å²) in [4.78, 5) is 11.7. The monoisotopic (exact) mass is 287 g/mol. The predicted molar refractivity (Wildman–Crippen MR) is 63.8 cm³/mol. The number of nitrogens with one attached hydrogen (secondary N) is 1. The number of carbonyl (C=O) groups excluding carboxylic acids is 1. The third-order valence-electron chi connectivity index (χ3n) is 2.47. The van der Waals surface area contributed by atoms with Crippen LogP contribution in [0.1, 0.15) is 11.4 Å². The summed E-state index contributed by atoms with van der Waals surface area (Å²) in [7, 11) is 1.66. The van der Waals surface area contributed by atoms with Crippen molar-refractivity contribution in [3.8, 4) is 0 Å². The molecule has 20 heavy (non-hydrogen) atoms. The Morgan fingerprint density at radius 1 is 1.40 bits per heavy atom. The van der Waals surface area contributed by atoms with Gasteiger partial charge in [-0.3, -0.25) is 14.2 Å². The quantitative estimate of drug-likeness (QED) is 0.932. The first-order chi connectivity index (χ1) is 9.25. The lowest BCUT2D eigenvalue weighted by molar-refractivity contribution is -0.144. The van der Waals surface area contributed by atoms with Crippen molar-refractivity contribution in [1.82, 2.24) is 19.6 Å². The van der Waals surface area contributed by atoms with Gasteiger partial charge >= 0.3 is 6.18 Å². The molecule has 0 fully saturated rings. The predicted octanol–water partition coefficient (Wildman–Crippen LogP) is 1.58. The van der Waals surface area contributed by atoms with Crippen molar-refractivity contribution in [3.05, 3.63) is 29.7 Å². The largest absolute Gasteiger partial charge is 0.433 e. The van der Waals surface area contributed by atoms with Crippen LogP contribution in [-0.4, -0.2) is 25.5 Å². The molecule has 0 saturated carbocycles. The van der Waals surface area contributed by atoms with Crippen LogP contribution in [0.4, 0.5) is 19.0 Å². The smallest absolute Gasteiger partial charge is 0.308 e. The average Bonchev–Trinajstić information content (AvgIpc) is 2.84. The van der Waals surface area contributed by atoms with E-state index in [1.807, 2.05) is 0 Å². The highest BCUT2D eigenvalue weighted by atomic mass is 19.4. The molecule has 0 aliphatic heterocycles. The summed E-state index contributed by atoms with van der Waals surface area (Å²) >= 11 is 0. The molecule has 0 aromatic carbocycles. The van der Waals surface area contributed by atoms with E-state index in [9.17, 15) is 18.0 Å². The molecule has 0 bridgehead atoms. The minimum atomic E-state index is -4.55. The lowest BCUT2D eigenvalue weighted by Crippen LogP contribution is -2.23. The number of halogens is 3. The summed E-state index contributed by atoms with van der Waals surface area (Å²) in [6, 6.07) is 2.44. The molecule has 1 amide bonds. The highest BCUT2D eigenvalue weighted by molar-refractivity contribution is 5.89. The molecule has 0 aliphatic rings. The van der Waals surface area contributed by atoms with Gasteiger partial charge in [0, 0.05) is 19.3 Å². The average molecular weight is 287 g/mol. The Balaban J connectivity index is 2.12. The van der Waals surface area contributed by atoms with E-state index in [0.29, 0.717) is 4.68 Å². The van der Waals surface area contributed by atoms with Gasteiger partial charge < -0.3 is 5.32 Å². The van der Waals surface area contributed by atoms with E-state index in [1.165, 1.54) is 17.7 Å². The van der Waals surface area contributed by atoms with Gasteiger partial charge in [0.05, 0.1) is 5.69 Å². The molecule has 9 heteroatoms. The van der Waals surface area contributed by atoms with Crippen molar-refractivity contribution in [2.75, 3.05) is 5.32 Å². The molecule has 0 spiro atoms. The molecule has 0 saturated heterocycles. The van der Waals surface area contributed by atoms with Gasteiger partial charge in [-0.15, -0.1) is 0 Å². The van der Waals surface area contributed by atoms with Crippen molar-refractivity contribution < 1.29 is 18.0 Å². The number of alkyl halides is 3. The first-order valence-electron chi connectivity index (χ1n) is 5.67. The number of hydrogen-bond acceptors (Lipinski definition) is 3. The van der Waals surface area contributed by atoms with E-state index in [0.717, 1.165) is 6.07 Å². The Morgan fingerprint density at radius 3 is 2.65 bits per heavy atom. The molecule has 2 aromatic rings. The number of carbonyl (C=O) groups is 1. The van der Waals surface area contributed by atoms with E-state index in [-0.39, 0.29) is 11.5 Å². The number of rotatable bonds is 3. The van der Waals surface area contributed by atoms with Crippen molar-refractivity contribution in [2.24, 2.45) is 7.05 Å². The van der Waals surface area contributed by atoms with Gasteiger partial charge in [0.25, 0.3) is 0 Å². The van der Waals surface area contributed by atoms with E-state index < -0.39 is 24.3 Å². The number of aromatic nitrogens is 4. The van der Waals surface area contributed by atoms with E-state index >= 15 is 0 Å².